The van der Waals surface area contributed by atoms with Crippen molar-refractivity contribution in [1.29, 1.82) is 0 Å². The monoisotopic (exact) mass is 334 g/mol. The normalized spacial score (nSPS) is 16.0. The molecule has 0 radical (unpaired) electrons. The number of aliphatic carboxylic acids is 1. The SMILES string of the molecule is O=C(O)CCNC(=O)CN1C(=O)S/C(=C\c2ccccc2)C1=O. The van der Waals surface area contributed by atoms with E-state index in [0.717, 1.165) is 22.2 Å². The smallest absolute Gasteiger partial charge is 0.305 e. The third kappa shape index (κ3) is 4.68. The van der Waals surface area contributed by atoms with Crippen molar-refractivity contribution in [3.05, 3.63) is 40.8 Å². The summed E-state index contributed by atoms with van der Waals surface area (Å²) in [6.45, 7) is -0.472. The minimum absolute atomic E-state index is 0.0513. The van der Waals surface area contributed by atoms with Crippen molar-refractivity contribution in [2.45, 2.75) is 6.42 Å². The van der Waals surface area contributed by atoms with Crippen LogP contribution in [0.1, 0.15) is 12.0 Å². The summed E-state index contributed by atoms with van der Waals surface area (Å²) < 4.78 is 0. The van der Waals surface area contributed by atoms with E-state index in [0.29, 0.717) is 0 Å². The summed E-state index contributed by atoms with van der Waals surface area (Å²) >= 11 is 0.772. The van der Waals surface area contributed by atoms with Gasteiger partial charge in [0.2, 0.25) is 5.91 Å². The van der Waals surface area contributed by atoms with Crippen LogP contribution in [0.4, 0.5) is 4.79 Å². The van der Waals surface area contributed by atoms with E-state index >= 15 is 0 Å². The molecule has 0 unspecified atom stereocenters. The molecule has 0 aliphatic carbocycles. The summed E-state index contributed by atoms with van der Waals surface area (Å²) in [6, 6.07) is 9.06. The van der Waals surface area contributed by atoms with Gasteiger partial charge < -0.3 is 10.4 Å². The van der Waals surface area contributed by atoms with E-state index in [1.54, 1.807) is 18.2 Å². The summed E-state index contributed by atoms with van der Waals surface area (Å²) in [7, 11) is 0. The van der Waals surface area contributed by atoms with E-state index in [1.807, 2.05) is 18.2 Å². The molecule has 8 heteroatoms. The van der Waals surface area contributed by atoms with Gasteiger partial charge >= 0.3 is 5.97 Å². The van der Waals surface area contributed by atoms with Gasteiger partial charge in [0.1, 0.15) is 6.54 Å². The highest BCUT2D eigenvalue weighted by atomic mass is 32.2. The molecule has 3 amide bonds. The van der Waals surface area contributed by atoms with Gasteiger partial charge in [0.05, 0.1) is 11.3 Å². The number of carbonyl (C=O) groups is 4. The van der Waals surface area contributed by atoms with Gasteiger partial charge in [-0.2, -0.15) is 0 Å². The molecule has 0 spiro atoms. The van der Waals surface area contributed by atoms with E-state index < -0.39 is 29.6 Å². The van der Waals surface area contributed by atoms with Gasteiger partial charge in [0.15, 0.2) is 0 Å². The Kier molecular flexibility index (Phi) is 5.53. The molecular formula is C15H14N2O5S. The first-order valence-corrected chi connectivity index (χ1v) is 7.58. The van der Waals surface area contributed by atoms with Gasteiger partial charge in [-0.25, -0.2) is 0 Å². The van der Waals surface area contributed by atoms with Gasteiger partial charge in [0.25, 0.3) is 11.1 Å². The van der Waals surface area contributed by atoms with Gasteiger partial charge in [-0.1, -0.05) is 30.3 Å². The molecule has 1 heterocycles. The lowest BCUT2D eigenvalue weighted by Gasteiger charge is -2.11. The predicted molar refractivity (Wildman–Crippen MR) is 84.4 cm³/mol. The first-order chi connectivity index (χ1) is 11.0. The molecule has 120 valence electrons. The molecule has 7 nitrogen and oxygen atoms in total. The summed E-state index contributed by atoms with van der Waals surface area (Å²) in [5.41, 5.74) is 0.781. The largest absolute Gasteiger partial charge is 0.481 e. The Bertz CT molecular complexity index is 672. The Morgan fingerprint density at radius 2 is 1.91 bits per heavy atom. The number of imide groups is 1. The zero-order chi connectivity index (χ0) is 16.8. The van der Waals surface area contributed by atoms with Crippen LogP contribution in [0.25, 0.3) is 6.08 Å². The molecule has 0 atom stereocenters. The van der Waals surface area contributed by atoms with Crippen molar-refractivity contribution >= 4 is 40.9 Å². The number of hydrogen-bond acceptors (Lipinski definition) is 5. The molecule has 23 heavy (non-hydrogen) atoms. The fourth-order valence-corrected chi connectivity index (χ4v) is 2.68. The van der Waals surface area contributed by atoms with Crippen molar-refractivity contribution in [1.82, 2.24) is 10.2 Å². The van der Waals surface area contributed by atoms with Crippen LogP contribution in [0, 0.1) is 0 Å². The quantitative estimate of drug-likeness (QED) is 0.760. The van der Waals surface area contributed by atoms with Crippen molar-refractivity contribution in [2.75, 3.05) is 13.1 Å². The second-order valence-electron chi connectivity index (χ2n) is 4.67. The molecule has 0 aromatic heterocycles. The third-order valence-corrected chi connectivity index (χ3v) is 3.84. The molecular weight excluding hydrogens is 320 g/mol. The van der Waals surface area contributed by atoms with Crippen LogP contribution in [-0.2, 0) is 14.4 Å². The van der Waals surface area contributed by atoms with Crippen LogP contribution in [0.3, 0.4) is 0 Å². The Balaban J connectivity index is 1.97. The van der Waals surface area contributed by atoms with E-state index in [-0.39, 0.29) is 17.9 Å². The molecule has 2 rings (SSSR count). The first kappa shape index (κ1) is 16.8. The van der Waals surface area contributed by atoms with Gasteiger partial charge in [-0.05, 0) is 23.4 Å². The summed E-state index contributed by atoms with van der Waals surface area (Å²) in [6.07, 6.45) is 1.37. The van der Waals surface area contributed by atoms with Gasteiger partial charge in [-0.3, -0.25) is 24.1 Å². The minimum atomic E-state index is -1.04. The van der Waals surface area contributed by atoms with Crippen molar-refractivity contribution in [3.63, 3.8) is 0 Å². The fourth-order valence-electron chi connectivity index (χ4n) is 1.85. The summed E-state index contributed by atoms with van der Waals surface area (Å²) in [5, 5.41) is 10.3. The van der Waals surface area contributed by atoms with Crippen molar-refractivity contribution in [2.24, 2.45) is 0 Å². The molecule has 1 aliphatic rings. The molecule has 2 N–H and O–H groups in total. The van der Waals surface area contributed by atoms with E-state index in [1.165, 1.54) is 0 Å². The number of hydrogen-bond donors (Lipinski definition) is 2. The number of carbonyl (C=O) groups excluding carboxylic acids is 3. The van der Waals surface area contributed by atoms with E-state index in [2.05, 4.69) is 5.32 Å². The highest BCUT2D eigenvalue weighted by Crippen LogP contribution is 2.31. The highest BCUT2D eigenvalue weighted by molar-refractivity contribution is 8.18. The molecule has 1 fully saturated rings. The van der Waals surface area contributed by atoms with Crippen LogP contribution in [0.2, 0.25) is 0 Å². The van der Waals surface area contributed by atoms with Crippen LogP contribution in [0.5, 0.6) is 0 Å². The number of amides is 3. The second-order valence-corrected chi connectivity index (χ2v) is 5.67. The number of carboxylic acids is 1. The fraction of sp³-hybridized carbons (Fsp3) is 0.200. The Morgan fingerprint density at radius 3 is 2.57 bits per heavy atom. The Hall–Kier alpha value is -2.61. The summed E-state index contributed by atoms with van der Waals surface area (Å²) in [4.78, 5) is 47.2. The predicted octanol–water partition coefficient (Wildman–Crippen LogP) is 1.31. The van der Waals surface area contributed by atoms with Crippen LogP contribution < -0.4 is 5.32 Å². The Morgan fingerprint density at radius 1 is 1.22 bits per heavy atom. The van der Waals surface area contributed by atoms with E-state index in [4.69, 9.17) is 5.11 Å². The number of nitrogens with zero attached hydrogens (tertiary/aromatic N) is 1. The van der Waals surface area contributed by atoms with Crippen molar-refractivity contribution in [3.8, 4) is 0 Å². The average Bonchev–Trinajstić information content (AvgIpc) is 2.75. The number of nitrogens with one attached hydrogen (secondary N) is 1. The molecule has 1 saturated heterocycles. The van der Waals surface area contributed by atoms with Crippen molar-refractivity contribution < 1.29 is 24.3 Å². The maximum absolute atomic E-state index is 12.2. The maximum atomic E-state index is 12.2. The summed E-state index contributed by atoms with van der Waals surface area (Å²) in [5.74, 6) is -2.14. The molecule has 0 saturated carbocycles. The Labute approximate surface area is 136 Å². The number of rotatable bonds is 6. The minimum Gasteiger partial charge on any atom is -0.481 e. The zero-order valence-corrected chi connectivity index (χ0v) is 12.8. The lowest BCUT2D eigenvalue weighted by molar-refractivity contribution is -0.137. The molecule has 1 aliphatic heterocycles. The van der Waals surface area contributed by atoms with Gasteiger partial charge in [-0.15, -0.1) is 0 Å². The van der Waals surface area contributed by atoms with Crippen LogP contribution >= 0.6 is 11.8 Å². The lowest BCUT2D eigenvalue weighted by Crippen LogP contribution is -2.40. The topological polar surface area (TPSA) is 104 Å². The van der Waals surface area contributed by atoms with Crippen LogP contribution in [-0.4, -0.2) is 46.1 Å². The number of carboxylic acid groups (broad SMARTS) is 1. The molecule has 0 bridgehead atoms. The average molecular weight is 334 g/mol. The molecule has 1 aromatic rings. The van der Waals surface area contributed by atoms with E-state index in [9.17, 15) is 19.2 Å². The second kappa shape index (κ2) is 7.59. The number of benzene rings is 1. The standard InChI is InChI=1S/C15H14N2O5S/c18-12(16-7-6-13(19)20)9-17-14(21)11(23-15(17)22)8-10-4-2-1-3-5-10/h1-5,8H,6-7,9H2,(H,16,18)(H,19,20)/b11-8-. The lowest BCUT2D eigenvalue weighted by atomic mass is 10.2. The maximum Gasteiger partial charge on any atom is 0.305 e. The first-order valence-electron chi connectivity index (χ1n) is 6.76. The van der Waals surface area contributed by atoms with Gasteiger partial charge in [0, 0.05) is 6.54 Å². The number of thioether (sulfide) groups is 1. The van der Waals surface area contributed by atoms with Crippen LogP contribution in [0.15, 0.2) is 35.2 Å². The third-order valence-electron chi connectivity index (χ3n) is 2.93. The zero-order valence-electron chi connectivity index (χ0n) is 12.0. The molecule has 1 aromatic carbocycles. The highest BCUT2D eigenvalue weighted by Gasteiger charge is 2.36.